The van der Waals surface area contributed by atoms with Gasteiger partial charge in [-0.3, -0.25) is 20.2 Å². The van der Waals surface area contributed by atoms with Gasteiger partial charge in [-0.2, -0.15) is 9.97 Å². The summed E-state index contributed by atoms with van der Waals surface area (Å²) in [6.45, 7) is 0.201. The van der Waals surface area contributed by atoms with Crippen molar-refractivity contribution in [3.05, 3.63) is 48.3 Å². The van der Waals surface area contributed by atoms with Crippen LogP contribution in [0.4, 0.5) is 17.2 Å². The van der Waals surface area contributed by atoms with Crippen molar-refractivity contribution in [2.24, 2.45) is 5.92 Å². The number of halogens is 3. The number of aliphatic hydroxyl groups excluding tert-OH is 1. The Morgan fingerprint density at radius 3 is 2.00 bits per heavy atom. The molecule has 0 amide bonds. The predicted octanol–water partition coefficient (Wildman–Crippen LogP) is 3.69. The molecule has 0 radical (unpaired) electrons. The van der Waals surface area contributed by atoms with Crippen molar-refractivity contribution in [3.8, 4) is 0 Å². The quantitative estimate of drug-likeness (QED) is 0.278. The Bertz CT molecular complexity index is 912. The van der Waals surface area contributed by atoms with Gasteiger partial charge in [0.2, 0.25) is 21.5 Å². The summed E-state index contributed by atoms with van der Waals surface area (Å²) in [7, 11) is 0. The van der Waals surface area contributed by atoms with Gasteiger partial charge in [-0.25, -0.2) is 9.97 Å². The molecular weight excluding hydrogens is 465 g/mol. The lowest BCUT2D eigenvalue weighted by atomic mass is 9.86. The van der Waals surface area contributed by atoms with E-state index in [1.807, 2.05) is 0 Å². The Hall–Kier alpha value is -2.41. The zero-order valence-electron chi connectivity index (χ0n) is 15.2. The highest BCUT2D eigenvalue weighted by atomic mass is 35.5. The molecule has 0 unspecified atom stereocenters. The van der Waals surface area contributed by atoms with E-state index < -0.39 is 9.85 Å². The second kappa shape index (κ2) is 11.1. The number of nitrogens with zero attached hydrogens (tertiary/aromatic N) is 6. The summed E-state index contributed by atoms with van der Waals surface area (Å²) >= 11 is 16.3. The first-order chi connectivity index (χ1) is 14.2. The lowest BCUT2D eigenvalue weighted by molar-refractivity contribution is -0.385. The first-order valence-electron chi connectivity index (χ1n) is 8.58. The number of anilines is 1. The number of hydrogen-bond acceptors (Lipinski definition) is 10. The summed E-state index contributed by atoms with van der Waals surface area (Å²) in [5, 5.41) is 32.8. The Morgan fingerprint density at radius 2 is 1.50 bits per heavy atom. The maximum absolute atomic E-state index is 10.9. The minimum atomic E-state index is -0.682. The summed E-state index contributed by atoms with van der Waals surface area (Å²) in [6.07, 6.45) is 5.57. The normalized spacial score (nSPS) is 18.1. The SMILES string of the molecule is O=[N+]([O-])c1cnc(Cl)nc1Cl.O=[N+]([O-])c1cnc(Cl)nc1NC1CCC(CO)CC1. The molecule has 3 rings (SSSR count). The third kappa shape index (κ3) is 6.83. The summed E-state index contributed by atoms with van der Waals surface area (Å²) in [5.41, 5.74) is -0.523. The van der Waals surface area contributed by atoms with Crippen molar-refractivity contribution < 1.29 is 15.0 Å². The molecule has 162 valence electrons. The van der Waals surface area contributed by atoms with Crippen LogP contribution in [0.5, 0.6) is 0 Å². The van der Waals surface area contributed by atoms with Gasteiger partial charge in [0.25, 0.3) is 0 Å². The fourth-order valence-corrected chi connectivity index (χ4v) is 3.24. The van der Waals surface area contributed by atoms with Crippen molar-refractivity contribution >= 4 is 52.0 Å². The predicted molar refractivity (Wildman–Crippen MR) is 109 cm³/mol. The van der Waals surface area contributed by atoms with E-state index in [9.17, 15) is 20.2 Å². The molecule has 0 bridgehead atoms. The average Bonchev–Trinajstić information content (AvgIpc) is 2.68. The van der Waals surface area contributed by atoms with Gasteiger partial charge in [0.1, 0.15) is 12.4 Å². The van der Waals surface area contributed by atoms with Gasteiger partial charge in [-0.15, -0.1) is 0 Å². The number of aliphatic hydroxyl groups is 1. The maximum atomic E-state index is 10.9. The van der Waals surface area contributed by atoms with Crippen LogP contribution in [0.2, 0.25) is 15.7 Å². The Morgan fingerprint density at radius 1 is 0.967 bits per heavy atom. The fraction of sp³-hybridized carbons (Fsp3) is 0.467. The first-order valence-corrected chi connectivity index (χ1v) is 9.71. The van der Waals surface area contributed by atoms with Gasteiger partial charge in [-0.05, 0) is 54.8 Å². The highest BCUT2D eigenvalue weighted by molar-refractivity contribution is 6.33. The first kappa shape index (κ1) is 23.9. The number of rotatable bonds is 5. The largest absolute Gasteiger partial charge is 0.396 e. The van der Waals surface area contributed by atoms with Crippen LogP contribution in [0, 0.1) is 26.1 Å². The molecule has 0 saturated heterocycles. The second-order valence-corrected chi connectivity index (χ2v) is 7.28. The molecule has 0 aromatic carbocycles. The molecule has 2 aromatic rings. The summed E-state index contributed by atoms with van der Waals surface area (Å²) in [5.74, 6) is 0.500. The second-order valence-electron chi connectivity index (χ2n) is 6.25. The van der Waals surface area contributed by atoms with Crippen LogP contribution in [0.1, 0.15) is 25.7 Å². The Balaban J connectivity index is 0.000000248. The van der Waals surface area contributed by atoms with Crippen LogP contribution in [-0.4, -0.2) is 47.5 Å². The molecule has 30 heavy (non-hydrogen) atoms. The number of hydrogen-bond donors (Lipinski definition) is 2. The van der Waals surface area contributed by atoms with Crippen LogP contribution in [0.25, 0.3) is 0 Å². The third-order valence-electron chi connectivity index (χ3n) is 4.27. The molecule has 12 nitrogen and oxygen atoms in total. The van der Waals surface area contributed by atoms with Gasteiger partial charge in [-0.1, -0.05) is 11.6 Å². The van der Waals surface area contributed by atoms with Gasteiger partial charge < -0.3 is 10.4 Å². The molecule has 2 heterocycles. The summed E-state index contributed by atoms with van der Waals surface area (Å²) in [6, 6.07) is 0.118. The highest BCUT2D eigenvalue weighted by Gasteiger charge is 2.24. The van der Waals surface area contributed by atoms with Crippen LogP contribution < -0.4 is 5.32 Å². The molecule has 15 heteroatoms. The monoisotopic (exact) mass is 479 g/mol. The van der Waals surface area contributed by atoms with Gasteiger partial charge in [0.05, 0.1) is 9.85 Å². The van der Waals surface area contributed by atoms with E-state index in [4.69, 9.17) is 39.9 Å². The molecular formula is C15H16Cl3N7O5. The van der Waals surface area contributed by atoms with Crippen LogP contribution >= 0.6 is 34.8 Å². The van der Waals surface area contributed by atoms with Gasteiger partial charge in [0.15, 0.2) is 0 Å². The van der Waals surface area contributed by atoms with E-state index in [1.54, 1.807) is 0 Å². The van der Waals surface area contributed by atoms with Crippen molar-refractivity contribution in [3.63, 3.8) is 0 Å². The zero-order chi connectivity index (χ0) is 22.3. The van der Waals surface area contributed by atoms with Gasteiger partial charge in [0, 0.05) is 12.6 Å². The topological polar surface area (TPSA) is 170 Å². The minimum Gasteiger partial charge on any atom is -0.396 e. The van der Waals surface area contributed by atoms with Crippen LogP contribution in [-0.2, 0) is 0 Å². The molecule has 1 saturated carbocycles. The van der Waals surface area contributed by atoms with E-state index >= 15 is 0 Å². The standard InChI is InChI=1S/C11H15ClN4O3.C4HCl2N3O2/c12-11-13-5-9(16(18)19)10(15-11)14-8-3-1-7(6-17)2-4-8;5-3-2(9(10)11)1-7-4(6)8-3/h5,7-8,17H,1-4,6H2,(H,13,14,15);1H. The number of nitrogens with one attached hydrogen (secondary N) is 1. The van der Waals surface area contributed by atoms with Crippen LogP contribution in [0.15, 0.2) is 12.4 Å². The maximum Gasteiger partial charge on any atom is 0.329 e. The molecule has 1 aliphatic carbocycles. The average molecular weight is 481 g/mol. The smallest absolute Gasteiger partial charge is 0.329 e. The summed E-state index contributed by atoms with van der Waals surface area (Å²) in [4.78, 5) is 34.1. The molecule has 0 spiro atoms. The van der Waals surface area contributed by atoms with E-state index in [0.717, 1.165) is 38.1 Å². The highest BCUT2D eigenvalue weighted by Crippen LogP contribution is 2.29. The molecule has 2 aromatic heterocycles. The van der Waals surface area contributed by atoms with E-state index in [2.05, 4.69) is 25.3 Å². The Kier molecular flexibility index (Phi) is 8.84. The van der Waals surface area contributed by atoms with E-state index in [1.165, 1.54) is 0 Å². The Labute approximate surface area is 184 Å². The van der Waals surface area contributed by atoms with Crippen LogP contribution in [0.3, 0.4) is 0 Å². The molecule has 0 atom stereocenters. The molecule has 1 aliphatic rings. The number of aromatic nitrogens is 4. The zero-order valence-corrected chi connectivity index (χ0v) is 17.5. The minimum absolute atomic E-state index is 0.0165. The molecule has 1 fully saturated rings. The third-order valence-corrected chi connectivity index (χ3v) is 4.92. The number of nitro groups is 2. The fourth-order valence-electron chi connectivity index (χ4n) is 2.73. The van der Waals surface area contributed by atoms with Crippen molar-refractivity contribution in [2.45, 2.75) is 31.7 Å². The lowest BCUT2D eigenvalue weighted by Crippen LogP contribution is -2.28. The molecule has 0 aliphatic heterocycles. The molecule has 2 N–H and O–H groups in total. The van der Waals surface area contributed by atoms with E-state index in [-0.39, 0.29) is 45.6 Å². The van der Waals surface area contributed by atoms with E-state index in [0.29, 0.717) is 5.92 Å². The van der Waals surface area contributed by atoms with Crippen molar-refractivity contribution in [1.29, 1.82) is 0 Å². The van der Waals surface area contributed by atoms with Crippen molar-refractivity contribution in [2.75, 3.05) is 11.9 Å². The van der Waals surface area contributed by atoms with Gasteiger partial charge >= 0.3 is 11.4 Å². The van der Waals surface area contributed by atoms with Crippen molar-refractivity contribution in [1.82, 2.24) is 19.9 Å². The lowest BCUT2D eigenvalue weighted by Gasteiger charge is -2.28. The summed E-state index contributed by atoms with van der Waals surface area (Å²) < 4.78 is 0.